The van der Waals surface area contributed by atoms with Crippen LogP contribution in [0, 0.1) is 18.8 Å². The Kier molecular flexibility index (Phi) is 7.57. The topological polar surface area (TPSA) is 55.2 Å². The van der Waals surface area contributed by atoms with Crippen molar-refractivity contribution in [2.75, 3.05) is 13.1 Å². The summed E-state index contributed by atoms with van der Waals surface area (Å²) in [5.74, 6) is 1.25. The van der Waals surface area contributed by atoms with Crippen LogP contribution in [0.1, 0.15) is 52.5 Å². The zero-order chi connectivity index (χ0) is 20.0. The molecule has 5 nitrogen and oxygen atoms in total. The van der Waals surface area contributed by atoms with E-state index in [1.165, 1.54) is 0 Å². The third-order valence-electron chi connectivity index (χ3n) is 4.93. The lowest BCUT2D eigenvalue weighted by Crippen LogP contribution is -2.35. The molecule has 2 rings (SSSR count). The molecule has 148 valence electrons. The van der Waals surface area contributed by atoms with E-state index in [1.54, 1.807) is 17.0 Å². The summed E-state index contributed by atoms with van der Waals surface area (Å²) in [6.45, 7) is 12.6. The van der Waals surface area contributed by atoms with Crippen LogP contribution >= 0.6 is 0 Å². The van der Waals surface area contributed by atoms with E-state index in [2.05, 4.69) is 32.7 Å². The number of hydrogen-bond acceptors (Lipinski definition) is 3. The van der Waals surface area contributed by atoms with Gasteiger partial charge in [0.25, 0.3) is 5.56 Å². The highest BCUT2D eigenvalue weighted by Crippen LogP contribution is 2.12. The zero-order valence-electron chi connectivity index (χ0n) is 17.4. The zero-order valence-corrected chi connectivity index (χ0v) is 17.4. The molecule has 0 aliphatic rings. The van der Waals surface area contributed by atoms with Gasteiger partial charge in [0, 0.05) is 26.1 Å². The first-order chi connectivity index (χ1) is 12.8. The number of nitrogens with zero attached hydrogens (tertiary/aromatic N) is 3. The molecule has 0 fully saturated rings. The monoisotopic (exact) mass is 371 g/mol. The second-order valence-corrected chi connectivity index (χ2v) is 8.21. The van der Waals surface area contributed by atoms with E-state index in [4.69, 9.17) is 0 Å². The van der Waals surface area contributed by atoms with Gasteiger partial charge in [-0.05, 0) is 43.2 Å². The van der Waals surface area contributed by atoms with Gasteiger partial charge in [0.05, 0.1) is 17.2 Å². The quantitative estimate of drug-likeness (QED) is 0.669. The normalized spacial score (nSPS) is 11.5. The second-order valence-electron chi connectivity index (χ2n) is 8.21. The van der Waals surface area contributed by atoms with Gasteiger partial charge in [-0.2, -0.15) is 0 Å². The van der Waals surface area contributed by atoms with E-state index in [1.807, 2.05) is 24.0 Å². The van der Waals surface area contributed by atoms with Gasteiger partial charge in [0.15, 0.2) is 0 Å². The maximum Gasteiger partial charge on any atom is 0.261 e. The molecule has 0 atom stereocenters. The Morgan fingerprint density at radius 2 is 1.74 bits per heavy atom. The largest absolute Gasteiger partial charge is 0.343 e. The Bertz CT molecular complexity index is 812. The van der Waals surface area contributed by atoms with Gasteiger partial charge >= 0.3 is 0 Å². The van der Waals surface area contributed by atoms with Crippen molar-refractivity contribution in [1.82, 2.24) is 14.5 Å². The minimum atomic E-state index is -0.0765. The number of carbonyl (C=O) groups is 1. The van der Waals surface area contributed by atoms with Gasteiger partial charge in [-0.25, -0.2) is 4.98 Å². The van der Waals surface area contributed by atoms with Gasteiger partial charge in [0.1, 0.15) is 0 Å². The third kappa shape index (κ3) is 5.91. The Balaban J connectivity index is 2.08. The van der Waals surface area contributed by atoms with Crippen LogP contribution in [-0.4, -0.2) is 33.4 Å². The summed E-state index contributed by atoms with van der Waals surface area (Å²) in [6, 6.07) is 5.62. The van der Waals surface area contributed by atoms with Crippen molar-refractivity contribution in [3.05, 3.63) is 40.4 Å². The van der Waals surface area contributed by atoms with Crippen LogP contribution in [0.5, 0.6) is 0 Å². The predicted octanol–water partition coefficient (Wildman–Crippen LogP) is 4.02. The standard InChI is InChI=1S/C22H33N3O2/c1-16(2)9-12-24(13-10-17(3)4)20(26)11-14-25-15-23-21-18(5)7-6-8-19(21)22(25)27/h6-8,15-17H,9-14H2,1-5H3. The molecule has 0 saturated heterocycles. The number of fused-ring (bicyclic) bond motifs is 1. The number of rotatable bonds is 9. The average Bonchev–Trinajstić information content (AvgIpc) is 2.61. The molecule has 5 heteroatoms. The average molecular weight is 372 g/mol. The van der Waals surface area contributed by atoms with Crippen molar-refractivity contribution in [2.45, 2.75) is 60.4 Å². The summed E-state index contributed by atoms with van der Waals surface area (Å²) in [5, 5.41) is 0.612. The molecule has 0 radical (unpaired) electrons. The number of benzene rings is 1. The molecule has 1 aromatic carbocycles. The van der Waals surface area contributed by atoms with Gasteiger partial charge in [0.2, 0.25) is 5.91 Å². The highest BCUT2D eigenvalue weighted by atomic mass is 16.2. The first-order valence-electron chi connectivity index (χ1n) is 10.0. The lowest BCUT2D eigenvalue weighted by Gasteiger charge is -2.24. The first kappa shape index (κ1) is 21.1. The number of para-hydroxylation sites is 1. The van der Waals surface area contributed by atoms with Crippen LogP contribution in [0.3, 0.4) is 0 Å². The summed E-state index contributed by atoms with van der Waals surface area (Å²) < 4.78 is 1.56. The fourth-order valence-electron chi connectivity index (χ4n) is 3.06. The number of aryl methyl sites for hydroxylation is 2. The lowest BCUT2D eigenvalue weighted by molar-refractivity contribution is -0.131. The molecule has 0 aliphatic carbocycles. The molecule has 1 aromatic heterocycles. The highest BCUT2D eigenvalue weighted by Gasteiger charge is 2.15. The fourth-order valence-corrected chi connectivity index (χ4v) is 3.06. The summed E-state index contributed by atoms with van der Waals surface area (Å²) in [5.41, 5.74) is 1.65. The van der Waals surface area contributed by atoms with Gasteiger partial charge in [-0.15, -0.1) is 0 Å². The molecule has 2 aromatic rings. The lowest BCUT2D eigenvalue weighted by atomic mass is 10.1. The Morgan fingerprint density at radius 3 is 2.33 bits per heavy atom. The summed E-state index contributed by atoms with van der Waals surface area (Å²) in [4.78, 5) is 31.8. The Morgan fingerprint density at radius 1 is 1.11 bits per heavy atom. The third-order valence-corrected chi connectivity index (χ3v) is 4.93. The molecule has 0 saturated carbocycles. The smallest absolute Gasteiger partial charge is 0.261 e. The second kappa shape index (κ2) is 9.67. The SMILES string of the molecule is Cc1cccc2c(=O)n(CCC(=O)N(CCC(C)C)CCC(C)C)cnc12. The van der Waals surface area contributed by atoms with Crippen molar-refractivity contribution >= 4 is 16.8 Å². The van der Waals surface area contributed by atoms with E-state index < -0.39 is 0 Å². The Labute approximate surface area is 162 Å². The minimum Gasteiger partial charge on any atom is -0.343 e. The van der Waals surface area contributed by atoms with Crippen molar-refractivity contribution in [2.24, 2.45) is 11.8 Å². The minimum absolute atomic E-state index is 0.0765. The van der Waals surface area contributed by atoms with Crippen LogP contribution in [0.4, 0.5) is 0 Å². The maximum atomic E-state index is 12.8. The first-order valence-corrected chi connectivity index (χ1v) is 10.0. The maximum absolute atomic E-state index is 12.8. The number of carbonyl (C=O) groups excluding carboxylic acids is 1. The van der Waals surface area contributed by atoms with Crippen LogP contribution in [0.2, 0.25) is 0 Å². The van der Waals surface area contributed by atoms with Crippen molar-refractivity contribution in [1.29, 1.82) is 0 Å². The molecule has 0 aliphatic heterocycles. The highest BCUT2D eigenvalue weighted by molar-refractivity contribution is 5.80. The summed E-state index contributed by atoms with van der Waals surface area (Å²) in [7, 11) is 0. The van der Waals surface area contributed by atoms with Crippen LogP contribution < -0.4 is 5.56 Å². The van der Waals surface area contributed by atoms with Crippen LogP contribution in [0.25, 0.3) is 10.9 Å². The molecular formula is C22H33N3O2. The summed E-state index contributed by atoms with van der Waals surface area (Å²) in [6.07, 6.45) is 3.90. The van der Waals surface area contributed by atoms with Crippen LogP contribution in [0.15, 0.2) is 29.3 Å². The van der Waals surface area contributed by atoms with Gasteiger partial charge in [-0.1, -0.05) is 39.8 Å². The van der Waals surface area contributed by atoms with Gasteiger partial charge in [-0.3, -0.25) is 14.2 Å². The number of hydrogen-bond donors (Lipinski definition) is 0. The molecule has 27 heavy (non-hydrogen) atoms. The number of aromatic nitrogens is 2. The van der Waals surface area contributed by atoms with Crippen LogP contribution in [-0.2, 0) is 11.3 Å². The van der Waals surface area contributed by atoms with Crippen molar-refractivity contribution in [3.63, 3.8) is 0 Å². The molecule has 0 unspecified atom stereocenters. The molecule has 1 heterocycles. The van der Waals surface area contributed by atoms with Crippen molar-refractivity contribution < 1.29 is 4.79 Å². The Hall–Kier alpha value is -2.17. The van der Waals surface area contributed by atoms with Crippen molar-refractivity contribution in [3.8, 4) is 0 Å². The van der Waals surface area contributed by atoms with E-state index in [0.717, 1.165) is 37.0 Å². The molecule has 0 bridgehead atoms. The molecule has 1 amide bonds. The van der Waals surface area contributed by atoms with E-state index >= 15 is 0 Å². The number of amides is 1. The molecule has 0 N–H and O–H groups in total. The van der Waals surface area contributed by atoms with E-state index in [9.17, 15) is 9.59 Å². The summed E-state index contributed by atoms with van der Waals surface area (Å²) >= 11 is 0. The fraction of sp³-hybridized carbons (Fsp3) is 0.591. The predicted molar refractivity (Wildman–Crippen MR) is 111 cm³/mol. The van der Waals surface area contributed by atoms with Gasteiger partial charge < -0.3 is 4.90 Å². The van der Waals surface area contributed by atoms with E-state index in [-0.39, 0.29) is 11.5 Å². The van der Waals surface area contributed by atoms with E-state index in [0.29, 0.717) is 30.2 Å². The molecule has 0 spiro atoms. The molecular weight excluding hydrogens is 338 g/mol.